The normalized spacial score (nSPS) is 23.1. The van der Waals surface area contributed by atoms with Crippen LogP contribution in [-0.2, 0) is 24.7 Å². The molecule has 2 rings (SSSR count). The highest BCUT2D eigenvalue weighted by molar-refractivity contribution is 7.91. The van der Waals surface area contributed by atoms with Crippen LogP contribution in [0, 0.1) is 5.92 Å². The van der Waals surface area contributed by atoms with Crippen LogP contribution >= 0.6 is 0 Å². The van der Waals surface area contributed by atoms with Crippen molar-refractivity contribution in [1.82, 2.24) is 4.31 Å². The third-order valence-corrected chi connectivity index (χ3v) is 8.11. The highest BCUT2D eigenvalue weighted by atomic mass is 32.2. The molecule has 0 spiro atoms. The molecule has 0 aromatic heterocycles. The number of nitrogens with zero attached hydrogens (tertiary/aromatic N) is 1. The summed E-state index contributed by atoms with van der Waals surface area (Å²) >= 11 is 0. The summed E-state index contributed by atoms with van der Waals surface area (Å²) in [5.41, 5.74) is 0. The molecule has 1 aliphatic heterocycles. The van der Waals surface area contributed by atoms with Crippen molar-refractivity contribution < 1.29 is 26.7 Å². The van der Waals surface area contributed by atoms with Gasteiger partial charge in [0.2, 0.25) is 10.0 Å². The van der Waals surface area contributed by atoms with Gasteiger partial charge in [-0.15, -0.1) is 0 Å². The lowest BCUT2D eigenvalue weighted by Crippen LogP contribution is -2.49. The number of piperidine rings is 1. The smallest absolute Gasteiger partial charge is 0.308 e. The molecule has 9 heteroatoms. The van der Waals surface area contributed by atoms with Gasteiger partial charge in [-0.3, -0.25) is 4.79 Å². The number of carbonyl (C=O) groups is 1. The maximum Gasteiger partial charge on any atom is 0.308 e. The Balaban J connectivity index is 2.44. The molecule has 1 aliphatic rings. The minimum Gasteiger partial charge on any atom is -0.481 e. The molecule has 1 aromatic carbocycles. The van der Waals surface area contributed by atoms with Gasteiger partial charge in [0, 0.05) is 12.6 Å². The lowest BCUT2D eigenvalue weighted by Gasteiger charge is -2.36. The average molecular weight is 375 g/mol. The second-order valence-corrected chi connectivity index (χ2v) is 9.99. The Bertz CT molecular complexity index is 831. The van der Waals surface area contributed by atoms with Gasteiger partial charge >= 0.3 is 5.97 Å². The molecule has 0 radical (unpaired) electrons. The minimum atomic E-state index is -3.96. The van der Waals surface area contributed by atoms with E-state index in [0.717, 1.165) is 10.4 Å². The minimum absolute atomic E-state index is 0.0504. The molecule has 24 heavy (non-hydrogen) atoms. The van der Waals surface area contributed by atoms with Crippen molar-refractivity contribution in [2.24, 2.45) is 5.92 Å². The van der Waals surface area contributed by atoms with E-state index < -0.39 is 37.8 Å². The Morgan fingerprint density at radius 2 is 1.88 bits per heavy atom. The Morgan fingerprint density at radius 1 is 1.25 bits per heavy atom. The molecular formula is C15H21NO6S2. The topological polar surface area (TPSA) is 109 Å². The predicted octanol–water partition coefficient (Wildman–Crippen LogP) is 1.35. The van der Waals surface area contributed by atoms with E-state index in [9.17, 15) is 26.7 Å². The molecule has 0 unspecified atom stereocenters. The molecule has 0 aliphatic carbocycles. The number of carboxylic acid groups (broad SMARTS) is 1. The molecule has 1 heterocycles. The fraction of sp³-hybridized carbons (Fsp3) is 0.533. The number of sulfone groups is 1. The fourth-order valence-electron chi connectivity index (χ4n) is 2.91. The molecule has 2 atom stereocenters. The van der Waals surface area contributed by atoms with Gasteiger partial charge in [-0.25, -0.2) is 16.8 Å². The molecule has 0 bridgehead atoms. The van der Waals surface area contributed by atoms with Crippen molar-refractivity contribution in [3.8, 4) is 0 Å². The zero-order valence-corrected chi connectivity index (χ0v) is 15.2. The summed E-state index contributed by atoms with van der Waals surface area (Å²) in [6, 6.07) is 4.54. The fourth-order valence-corrected chi connectivity index (χ4v) is 5.66. The van der Waals surface area contributed by atoms with E-state index in [0.29, 0.717) is 12.8 Å². The maximum absolute atomic E-state index is 12.9. The third-order valence-electron chi connectivity index (χ3n) is 4.40. The quantitative estimate of drug-likeness (QED) is 0.832. The number of aliphatic carboxylic acids is 1. The van der Waals surface area contributed by atoms with Gasteiger partial charge in [-0.05, 0) is 38.0 Å². The molecule has 1 fully saturated rings. The third kappa shape index (κ3) is 3.47. The number of carboxylic acids is 1. The van der Waals surface area contributed by atoms with E-state index in [1.807, 2.05) is 0 Å². The van der Waals surface area contributed by atoms with Crippen LogP contribution in [0.4, 0.5) is 0 Å². The van der Waals surface area contributed by atoms with Crippen LogP contribution in [0.25, 0.3) is 0 Å². The molecule has 0 amide bonds. The number of rotatable bonds is 5. The summed E-state index contributed by atoms with van der Waals surface area (Å²) in [5, 5.41) is 9.24. The van der Waals surface area contributed by atoms with Crippen molar-refractivity contribution >= 4 is 25.8 Å². The van der Waals surface area contributed by atoms with Crippen LogP contribution in [0.1, 0.15) is 26.7 Å². The standard InChI is InChI=1S/C15H21NO6S2/c1-3-23(19,20)12-6-4-7-13(10-12)24(21,22)16-9-5-8-14(11(16)2)15(17)18/h4,6-7,10-11,14H,3,5,8-9H2,1-2H3,(H,17,18)/t11-,14-/m0/s1. The van der Waals surface area contributed by atoms with Crippen LogP contribution in [0.3, 0.4) is 0 Å². The summed E-state index contributed by atoms with van der Waals surface area (Å²) in [4.78, 5) is 11.1. The molecule has 1 saturated heterocycles. The molecule has 0 saturated carbocycles. The SMILES string of the molecule is CCS(=O)(=O)c1cccc(S(=O)(=O)N2CCC[C@H](C(=O)O)[C@@H]2C)c1. The number of hydrogen-bond acceptors (Lipinski definition) is 5. The lowest BCUT2D eigenvalue weighted by molar-refractivity contribution is -0.144. The van der Waals surface area contributed by atoms with Crippen molar-refractivity contribution in [2.45, 2.75) is 42.5 Å². The summed E-state index contributed by atoms with van der Waals surface area (Å²) in [5.74, 6) is -1.92. The van der Waals surface area contributed by atoms with Crippen LogP contribution in [0.5, 0.6) is 0 Å². The Morgan fingerprint density at radius 3 is 2.46 bits per heavy atom. The predicted molar refractivity (Wildman–Crippen MR) is 87.9 cm³/mol. The van der Waals surface area contributed by atoms with Crippen LogP contribution in [-0.4, -0.2) is 50.6 Å². The molecule has 1 N–H and O–H groups in total. The monoisotopic (exact) mass is 375 g/mol. The van der Waals surface area contributed by atoms with E-state index in [2.05, 4.69) is 0 Å². The van der Waals surface area contributed by atoms with Crippen molar-refractivity contribution in [2.75, 3.05) is 12.3 Å². The van der Waals surface area contributed by atoms with E-state index >= 15 is 0 Å². The first kappa shape index (κ1) is 18.9. The number of sulfonamides is 1. The second kappa shape index (κ2) is 6.81. The first-order chi connectivity index (χ1) is 11.1. The molecular weight excluding hydrogens is 354 g/mol. The van der Waals surface area contributed by atoms with Gasteiger partial charge in [0.05, 0.1) is 21.5 Å². The van der Waals surface area contributed by atoms with Gasteiger partial charge in [0.25, 0.3) is 0 Å². The zero-order chi connectivity index (χ0) is 18.1. The van der Waals surface area contributed by atoms with E-state index in [4.69, 9.17) is 0 Å². The van der Waals surface area contributed by atoms with Gasteiger partial charge in [-0.2, -0.15) is 4.31 Å². The van der Waals surface area contributed by atoms with Crippen molar-refractivity contribution in [3.05, 3.63) is 24.3 Å². The summed E-state index contributed by atoms with van der Waals surface area (Å²) < 4.78 is 50.9. The van der Waals surface area contributed by atoms with Crippen LogP contribution in [0.2, 0.25) is 0 Å². The highest BCUT2D eigenvalue weighted by Crippen LogP contribution is 2.30. The highest BCUT2D eigenvalue weighted by Gasteiger charge is 2.39. The number of benzene rings is 1. The summed E-state index contributed by atoms with van der Waals surface area (Å²) in [6.07, 6.45) is 0.875. The summed E-state index contributed by atoms with van der Waals surface area (Å²) in [7, 11) is -7.49. The average Bonchev–Trinajstić information content (AvgIpc) is 2.54. The first-order valence-corrected chi connectivity index (χ1v) is 10.8. The second-order valence-electron chi connectivity index (χ2n) is 5.82. The zero-order valence-electron chi connectivity index (χ0n) is 13.5. The van der Waals surface area contributed by atoms with E-state index in [1.54, 1.807) is 6.92 Å². The van der Waals surface area contributed by atoms with Gasteiger partial charge in [-0.1, -0.05) is 13.0 Å². The number of hydrogen-bond donors (Lipinski definition) is 1. The van der Waals surface area contributed by atoms with Crippen LogP contribution < -0.4 is 0 Å². The molecule has 7 nitrogen and oxygen atoms in total. The maximum atomic E-state index is 12.9. The summed E-state index contributed by atoms with van der Waals surface area (Å²) in [6.45, 7) is 3.28. The van der Waals surface area contributed by atoms with Gasteiger partial charge in [0.1, 0.15) is 0 Å². The molecule has 1 aromatic rings. The Labute approximate surface area is 142 Å². The first-order valence-electron chi connectivity index (χ1n) is 7.68. The van der Waals surface area contributed by atoms with E-state index in [1.165, 1.54) is 25.1 Å². The largest absolute Gasteiger partial charge is 0.481 e. The Kier molecular flexibility index (Phi) is 5.36. The Hall–Kier alpha value is -1.45. The van der Waals surface area contributed by atoms with Gasteiger partial charge in [0.15, 0.2) is 9.84 Å². The lowest BCUT2D eigenvalue weighted by atomic mass is 9.92. The van der Waals surface area contributed by atoms with Crippen molar-refractivity contribution in [3.63, 3.8) is 0 Å². The van der Waals surface area contributed by atoms with E-state index in [-0.39, 0.29) is 22.1 Å². The van der Waals surface area contributed by atoms with Gasteiger partial charge < -0.3 is 5.11 Å². The molecule has 134 valence electrons. The van der Waals surface area contributed by atoms with Crippen LogP contribution in [0.15, 0.2) is 34.1 Å². The van der Waals surface area contributed by atoms with Crippen molar-refractivity contribution in [1.29, 1.82) is 0 Å².